The van der Waals surface area contributed by atoms with E-state index in [1.54, 1.807) is 23.0 Å². The molecule has 0 spiro atoms. The molecule has 1 aromatic carbocycles. The highest BCUT2D eigenvalue weighted by atomic mass is 35.5. The summed E-state index contributed by atoms with van der Waals surface area (Å²) in [5.41, 5.74) is 0.939. The zero-order chi connectivity index (χ0) is 18.9. The molecule has 0 fully saturated rings. The second-order valence-electron chi connectivity index (χ2n) is 5.91. The number of anilines is 1. The Hall–Kier alpha value is -1.70. The highest BCUT2D eigenvalue weighted by Gasteiger charge is 2.09. The molecule has 2 N–H and O–H groups in total. The predicted octanol–water partition coefficient (Wildman–Crippen LogP) is 3.74. The minimum Gasteiger partial charge on any atom is -0.362 e. The van der Waals surface area contributed by atoms with Crippen LogP contribution >= 0.6 is 23.8 Å². The number of hydrogen-bond acceptors (Lipinski definition) is 3. The summed E-state index contributed by atoms with van der Waals surface area (Å²) in [6.45, 7) is 8.76. The second kappa shape index (κ2) is 10.4. The minimum absolute atomic E-state index is 0.257. The average Bonchev–Trinajstić information content (AvgIpc) is 2.96. The van der Waals surface area contributed by atoms with Gasteiger partial charge in [-0.1, -0.05) is 37.6 Å². The summed E-state index contributed by atoms with van der Waals surface area (Å²) in [5, 5.41) is 11.6. The van der Waals surface area contributed by atoms with E-state index in [0.717, 1.165) is 38.2 Å². The first kappa shape index (κ1) is 20.6. The topological polar surface area (TPSA) is 45.1 Å². The van der Waals surface area contributed by atoms with Gasteiger partial charge in [0.05, 0.1) is 6.54 Å². The van der Waals surface area contributed by atoms with Crippen LogP contribution in [0.4, 0.5) is 10.2 Å². The van der Waals surface area contributed by atoms with Crippen LogP contribution in [0.15, 0.2) is 30.5 Å². The third-order valence-electron chi connectivity index (χ3n) is 4.04. The van der Waals surface area contributed by atoms with Gasteiger partial charge in [-0.05, 0) is 56.0 Å². The first-order valence-corrected chi connectivity index (χ1v) is 9.55. The van der Waals surface area contributed by atoms with Crippen molar-refractivity contribution in [3.8, 4) is 0 Å². The van der Waals surface area contributed by atoms with E-state index in [1.165, 1.54) is 12.1 Å². The number of nitrogens with one attached hydrogen (secondary N) is 2. The van der Waals surface area contributed by atoms with Crippen LogP contribution in [0, 0.1) is 5.82 Å². The van der Waals surface area contributed by atoms with Crippen molar-refractivity contribution in [2.75, 3.05) is 31.5 Å². The Kier molecular flexibility index (Phi) is 8.28. The zero-order valence-corrected chi connectivity index (χ0v) is 16.7. The molecule has 5 nitrogen and oxygen atoms in total. The van der Waals surface area contributed by atoms with Crippen molar-refractivity contribution in [1.82, 2.24) is 20.0 Å². The molecule has 0 aliphatic heterocycles. The van der Waals surface area contributed by atoms with E-state index in [2.05, 4.69) is 34.5 Å². The third-order valence-corrected chi connectivity index (χ3v) is 4.56. The summed E-state index contributed by atoms with van der Waals surface area (Å²) < 4.78 is 14.7. The molecule has 0 atom stereocenters. The van der Waals surface area contributed by atoms with Gasteiger partial charge in [-0.2, -0.15) is 5.10 Å². The molecule has 142 valence electrons. The fourth-order valence-electron chi connectivity index (χ4n) is 2.54. The van der Waals surface area contributed by atoms with Crippen LogP contribution in [0.3, 0.4) is 0 Å². The predicted molar refractivity (Wildman–Crippen MR) is 109 cm³/mol. The Bertz CT molecular complexity index is 700. The van der Waals surface area contributed by atoms with Gasteiger partial charge in [0.15, 0.2) is 10.9 Å². The molecule has 0 bridgehead atoms. The van der Waals surface area contributed by atoms with Crippen LogP contribution < -0.4 is 10.6 Å². The maximum atomic E-state index is 13.0. The van der Waals surface area contributed by atoms with Crippen LogP contribution in [0.5, 0.6) is 0 Å². The standard InChI is InChI=1S/C18H25ClFN5S/c1-3-24(4-2)11-5-10-21-18(26)22-17-16(19)13-25(23-17)12-14-6-8-15(20)9-7-14/h6-9,13H,3-5,10-12H2,1-2H3,(H2,21,22,23,26). The number of benzene rings is 1. The van der Waals surface area contributed by atoms with Crippen molar-refractivity contribution in [1.29, 1.82) is 0 Å². The van der Waals surface area contributed by atoms with E-state index in [0.29, 0.717) is 22.5 Å². The van der Waals surface area contributed by atoms with E-state index in [1.807, 2.05) is 0 Å². The van der Waals surface area contributed by atoms with Gasteiger partial charge in [-0.3, -0.25) is 4.68 Å². The molecular formula is C18H25ClFN5S. The summed E-state index contributed by atoms with van der Waals surface area (Å²) in [5.74, 6) is 0.252. The van der Waals surface area contributed by atoms with Gasteiger partial charge >= 0.3 is 0 Å². The van der Waals surface area contributed by atoms with Gasteiger partial charge in [-0.25, -0.2) is 4.39 Å². The fourth-order valence-corrected chi connectivity index (χ4v) is 2.93. The van der Waals surface area contributed by atoms with Crippen LogP contribution in [0.2, 0.25) is 5.02 Å². The molecule has 0 aliphatic rings. The molecule has 2 aromatic rings. The van der Waals surface area contributed by atoms with E-state index in [-0.39, 0.29) is 5.82 Å². The largest absolute Gasteiger partial charge is 0.362 e. The molecule has 0 saturated heterocycles. The molecule has 1 heterocycles. The van der Waals surface area contributed by atoms with Gasteiger partial charge in [0.1, 0.15) is 10.8 Å². The number of hydrogen-bond donors (Lipinski definition) is 2. The lowest BCUT2D eigenvalue weighted by Gasteiger charge is -2.18. The Balaban J connectivity index is 1.81. The first-order valence-electron chi connectivity index (χ1n) is 8.76. The highest BCUT2D eigenvalue weighted by Crippen LogP contribution is 2.20. The molecule has 0 saturated carbocycles. The van der Waals surface area contributed by atoms with Gasteiger partial charge in [0.2, 0.25) is 0 Å². The number of nitrogens with zero attached hydrogens (tertiary/aromatic N) is 3. The van der Waals surface area contributed by atoms with Crippen LogP contribution in [0.25, 0.3) is 0 Å². The molecule has 0 radical (unpaired) electrons. The lowest BCUT2D eigenvalue weighted by Crippen LogP contribution is -2.32. The maximum absolute atomic E-state index is 13.0. The molecule has 2 rings (SSSR count). The normalized spacial score (nSPS) is 11.0. The maximum Gasteiger partial charge on any atom is 0.173 e. The van der Waals surface area contributed by atoms with Crippen molar-refractivity contribution in [3.63, 3.8) is 0 Å². The fraction of sp³-hybridized carbons (Fsp3) is 0.444. The highest BCUT2D eigenvalue weighted by molar-refractivity contribution is 7.80. The van der Waals surface area contributed by atoms with Gasteiger partial charge in [-0.15, -0.1) is 0 Å². The number of halogens is 2. The van der Waals surface area contributed by atoms with E-state index in [9.17, 15) is 4.39 Å². The van der Waals surface area contributed by atoms with Crippen LogP contribution in [0.1, 0.15) is 25.8 Å². The first-order chi connectivity index (χ1) is 12.5. The molecule has 1 aromatic heterocycles. The van der Waals surface area contributed by atoms with Crippen molar-refractivity contribution in [2.24, 2.45) is 0 Å². The molecule has 26 heavy (non-hydrogen) atoms. The van der Waals surface area contributed by atoms with Gasteiger partial charge < -0.3 is 15.5 Å². The third kappa shape index (κ3) is 6.55. The van der Waals surface area contributed by atoms with Crippen LogP contribution in [-0.4, -0.2) is 46.0 Å². The summed E-state index contributed by atoms with van der Waals surface area (Å²) in [4.78, 5) is 2.37. The number of rotatable bonds is 9. The smallest absolute Gasteiger partial charge is 0.173 e. The molecular weight excluding hydrogens is 373 g/mol. The minimum atomic E-state index is -0.257. The molecule has 0 unspecified atom stereocenters. The summed E-state index contributed by atoms with van der Waals surface area (Å²) in [6.07, 6.45) is 2.73. The quantitative estimate of drug-likeness (QED) is 0.498. The van der Waals surface area contributed by atoms with E-state index in [4.69, 9.17) is 23.8 Å². The summed E-state index contributed by atoms with van der Waals surface area (Å²) >= 11 is 11.5. The average molecular weight is 398 g/mol. The van der Waals surface area contributed by atoms with Gasteiger partial charge in [0.25, 0.3) is 0 Å². The Morgan fingerprint density at radius 1 is 1.27 bits per heavy atom. The van der Waals surface area contributed by atoms with E-state index >= 15 is 0 Å². The van der Waals surface area contributed by atoms with Crippen molar-refractivity contribution in [2.45, 2.75) is 26.8 Å². The second-order valence-corrected chi connectivity index (χ2v) is 6.73. The van der Waals surface area contributed by atoms with Crippen molar-refractivity contribution >= 4 is 34.7 Å². The SMILES string of the molecule is CCN(CC)CCCNC(=S)Nc1nn(Cc2ccc(F)cc2)cc1Cl. The van der Waals surface area contributed by atoms with Crippen LogP contribution in [-0.2, 0) is 6.54 Å². The lowest BCUT2D eigenvalue weighted by atomic mass is 10.2. The Morgan fingerprint density at radius 2 is 1.96 bits per heavy atom. The molecule has 0 aliphatic carbocycles. The van der Waals surface area contributed by atoms with E-state index < -0.39 is 0 Å². The number of thiocarbonyl (C=S) groups is 1. The number of aromatic nitrogens is 2. The summed E-state index contributed by atoms with van der Waals surface area (Å²) in [6, 6.07) is 6.30. The molecule has 0 amide bonds. The Morgan fingerprint density at radius 3 is 2.62 bits per heavy atom. The summed E-state index contributed by atoms with van der Waals surface area (Å²) in [7, 11) is 0. The van der Waals surface area contributed by atoms with Crippen molar-refractivity contribution < 1.29 is 4.39 Å². The Labute approximate surface area is 164 Å². The lowest BCUT2D eigenvalue weighted by molar-refractivity contribution is 0.300. The van der Waals surface area contributed by atoms with Crippen molar-refractivity contribution in [3.05, 3.63) is 46.9 Å². The zero-order valence-electron chi connectivity index (χ0n) is 15.1. The molecule has 8 heteroatoms. The monoisotopic (exact) mass is 397 g/mol. The van der Waals surface area contributed by atoms with Gasteiger partial charge in [0, 0.05) is 12.7 Å².